The first-order chi connectivity index (χ1) is 11.0. The Kier molecular flexibility index (Phi) is 6.77. The summed E-state index contributed by atoms with van der Waals surface area (Å²) in [6, 6.07) is 5.12. The summed E-state index contributed by atoms with van der Waals surface area (Å²) in [5.74, 6) is -0.203. The van der Waals surface area contributed by atoms with Crippen molar-refractivity contribution in [2.45, 2.75) is 36.2 Å². The van der Waals surface area contributed by atoms with E-state index in [2.05, 4.69) is 16.4 Å². The summed E-state index contributed by atoms with van der Waals surface area (Å²) in [5.41, 5.74) is -0.922. The summed E-state index contributed by atoms with van der Waals surface area (Å²) in [6.45, 7) is 5.41. The normalized spacial score (nSPS) is 14.2. The summed E-state index contributed by atoms with van der Waals surface area (Å²) >= 11 is 1.18. The fraction of sp³-hybridized carbons (Fsp3) is 0.533. The summed E-state index contributed by atoms with van der Waals surface area (Å²) < 4.78 is 25.0. The number of hydrogen-bond acceptors (Lipinski definition) is 6. The average Bonchev–Trinajstić information content (AvgIpc) is 2.52. The van der Waals surface area contributed by atoms with Crippen molar-refractivity contribution in [2.75, 3.05) is 19.8 Å². The van der Waals surface area contributed by atoms with Crippen molar-refractivity contribution in [3.05, 3.63) is 18.3 Å². The first-order valence-corrected chi connectivity index (χ1v) is 9.69. The lowest BCUT2D eigenvalue weighted by Gasteiger charge is -2.27. The molecule has 0 radical (unpaired) electrons. The molecule has 1 aromatic heterocycles. The predicted octanol–water partition coefficient (Wildman–Crippen LogP) is 1.48. The maximum atomic E-state index is 12.0. The summed E-state index contributed by atoms with van der Waals surface area (Å²) in [4.78, 5) is 16.2. The van der Waals surface area contributed by atoms with Gasteiger partial charge in [0.15, 0.2) is 0 Å². The number of hydrogen-bond donors (Lipinski definition) is 1. The van der Waals surface area contributed by atoms with Gasteiger partial charge in [0.05, 0.1) is 16.8 Å². The fourth-order valence-electron chi connectivity index (χ4n) is 1.58. The van der Waals surface area contributed by atoms with Gasteiger partial charge in [-0.2, -0.15) is 5.26 Å². The van der Waals surface area contributed by atoms with Gasteiger partial charge in [0.25, 0.3) is 0 Å². The van der Waals surface area contributed by atoms with Crippen LogP contribution in [0.5, 0.6) is 0 Å². The second-order valence-electron chi connectivity index (χ2n) is 5.93. The molecule has 1 rings (SSSR count). The van der Waals surface area contributed by atoms with Crippen LogP contribution in [0.25, 0.3) is 0 Å². The Morgan fingerprint density at radius 3 is 2.50 bits per heavy atom. The third-order valence-corrected chi connectivity index (χ3v) is 6.37. The zero-order valence-corrected chi connectivity index (χ0v) is 16.0. The lowest BCUT2D eigenvalue weighted by molar-refractivity contribution is -0.120. The molecule has 0 aliphatic rings. The molecule has 0 aliphatic heterocycles. The van der Waals surface area contributed by atoms with Gasteiger partial charge in [0.1, 0.15) is 10.4 Å². The Hall–Kier alpha value is -1.63. The molecule has 1 heterocycles. The number of nitriles is 1. The Bertz CT molecular complexity index is 724. The number of amides is 1. The Balaban J connectivity index is 2.70. The van der Waals surface area contributed by atoms with Gasteiger partial charge >= 0.3 is 0 Å². The third-order valence-electron chi connectivity index (χ3n) is 3.62. The Labute approximate surface area is 147 Å². The minimum atomic E-state index is -3.52. The monoisotopic (exact) mass is 370 g/mol. The van der Waals surface area contributed by atoms with E-state index in [-0.39, 0.29) is 22.5 Å². The number of sulfonamides is 1. The third kappa shape index (κ3) is 4.93. The summed E-state index contributed by atoms with van der Waals surface area (Å²) in [7, 11) is -0.620. The predicted molar refractivity (Wildman–Crippen MR) is 92.8 cm³/mol. The van der Waals surface area contributed by atoms with E-state index in [9.17, 15) is 18.5 Å². The van der Waals surface area contributed by atoms with E-state index in [0.717, 1.165) is 4.31 Å². The molecule has 0 saturated carbocycles. The standard InChI is InChI=1S/C15H22N4O3S2/c1-11(2)15(3,10-16)18-13(20)9-23-14-7-6-12(8-17-14)24(21,22)19(4)5/h6-8,11H,9H2,1-5H3,(H,18,20)/t15-/m1/s1. The molecule has 0 bridgehead atoms. The maximum absolute atomic E-state index is 12.0. The molecule has 7 nitrogen and oxygen atoms in total. The van der Waals surface area contributed by atoms with E-state index in [1.165, 1.54) is 38.1 Å². The van der Waals surface area contributed by atoms with E-state index in [0.29, 0.717) is 5.03 Å². The largest absolute Gasteiger partial charge is 0.337 e. The van der Waals surface area contributed by atoms with Gasteiger partial charge in [-0.25, -0.2) is 17.7 Å². The first kappa shape index (κ1) is 20.4. The van der Waals surface area contributed by atoms with Gasteiger partial charge in [0.2, 0.25) is 15.9 Å². The van der Waals surface area contributed by atoms with Crippen molar-refractivity contribution in [1.82, 2.24) is 14.6 Å². The smallest absolute Gasteiger partial charge is 0.244 e. The molecule has 1 aromatic rings. The molecule has 132 valence electrons. The minimum absolute atomic E-state index is 0.0231. The van der Waals surface area contributed by atoms with Gasteiger partial charge in [-0.1, -0.05) is 25.6 Å². The highest BCUT2D eigenvalue weighted by molar-refractivity contribution is 7.99. The van der Waals surface area contributed by atoms with E-state index >= 15 is 0 Å². The number of carbonyl (C=O) groups excluding carboxylic acids is 1. The highest BCUT2D eigenvalue weighted by Crippen LogP contribution is 2.20. The molecule has 0 aromatic carbocycles. The molecule has 1 N–H and O–H groups in total. The van der Waals surface area contributed by atoms with Crippen LogP contribution in [-0.2, 0) is 14.8 Å². The van der Waals surface area contributed by atoms with Crippen molar-refractivity contribution in [1.29, 1.82) is 5.26 Å². The molecule has 1 amide bonds. The maximum Gasteiger partial charge on any atom is 0.244 e. The molecular formula is C15H22N4O3S2. The minimum Gasteiger partial charge on any atom is -0.337 e. The van der Waals surface area contributed by atoms with Gasteiger partial charge in [-0.3, -0.25) is 4.79 Å². The highest BCUT2D eigenvalue weighted by atomic mass is 32.2. The molecule has 1 atom stereocenters. The molecule has 0 spiro atoms. The molecular weight excluding hydrogens is 348 g/mol. The summed E-state index contributed by atoms with van der Waals surface area (Å²) in [6.07, 6.45) is 1.27. The van der Waals surface area contributed by atoms with Crippen LogP contribution in [0.1, 0.15) is 20.8 Å². The zero-order chi connectivity index (χ0) is 18.5. The summed E-state index contributed by atoms with van der Waals surface area (Å²) in [5, 5.41) is 12.4. The molecule has 24 heavy (non-hydrogen) atoms. The molecule has 9 heteroatoms. The SMILES string of the molecule is CC(C)[C@@](C)(C#N)NC(=O)CSc1ccc(S(=O)(=O)N(C)C)cn1. The second kappa shape index (κ2) is 7.96. The first-order valence-electron chi connectivity index (χ1n) is 7.26. The number of rotatable bonds is 7. The molecule has 0 fully saturated rings. The molecule has 0 saturated heterocycles. The number of thioether (sulfide) groups is 1. The van der Waals surface area contributed by atoms with E-state index in [1.807, 2.05) is 13.8 Å². The van der Waals surface area contributed by atoms with Crippen molar-refractivity contribution < 1.29 is 13.2 Å². The number of nitrogens with zero attached hydrogens (tertiary/aromatic N) is 3. The van der Waals surface area contributed by atoms with Crippen LogP contribution < -0.4 is 5.32 Å². The van der Waals surface area contributed by atoms with Crippen molar-refractivity contribution >= 4 is 27.7 Å². The number of carbonyl (C=O) groups is 1. The van der Waals surface area contributed by atoms with Crippen molar-refractivity contribution in [3.8, 4) is 6.07 Å². The van der Waals surface area contributed by atoms with Crippen molar-refractivity contribution in [2.24, 2.45) is 5.92 Å². The van der Waals surface area contributed by atoms with Crippen LogP contribution in [0.15, 0.2) is 28.3 Å². The highest BCUT2D eigenvalue weighted by Gasteiger charge is 2.29. The van der Waals surface area contributed by atoms with Crippen LogP contribution in [-0.4, -0.2) is 49.0 Å². The van der Waals surface area contributed by atoms with Gasteiger partial charge in [-0.05, 0) is 25.0 Å². The fourth-order valence-corrected chi connectivity index (χ4v) is 3.07. The molecule has 0 unspecified atom stereocenters. The lowest BCUT2D eigenvalue weighted by atomic mass is 9.90. The van der Waals surface area contributed by atoms with Crippen LogP contribution in [0.3, 0.4) is 0 Å². The van der Waals surface area contributed by atoms with Crippen LogP contribution >= 0.6 is 11.8 Å². The van der Waals surface area contributed by atoms with Crippen LogP contribution in [0.2, 0.25) is 0 Å². The van der Waals surface area contributed by atoms with Crippen molar-refractivity contribution in [3.63, 3.8) is 0 Å². The van der Waals surface area contributed by atoms with Gasteiger partial charge < -0.3 is 5.32 Å². The van der Waals surface area contributed by atoms with Crippen LogP contribution in [0, 0.1) is 17.2 Å². The second-order valence-corrected chi connectivity index (χ2v) is 9.07. The Morgan fingerprint density at radius 2 is 2.08 bits per heavy atom. The van der Waals surface area contributed by atoms with Gasteiger partial charge in [-0.15, -0.1) is 0 Å². The average molecular weight is 371 g/mol. The number of nitrogens with one attached hydrogen (secondary N) is 1. The van der Waals surface area contributed by atoms with E-state index in [4.69, 9.17) is 0 Å². The van der Waals surface area contributed by atoms with E-state index < -0.39 is 15.6 Å². The van der Waals surface area contributed by atoms with E-state index in [1.54, 1.807) is 13.0 Å². The quantitative estimate of drug-likeness (QED) is 0.729. The zero-order valence-electron chi connectivity index (χ0n) is 14.4. The topological polar surface area (TPSA) is 103 Å². The van der Waals surface area contributed by atoms with Gasteiger partial charge in [0, 0.05) is 20.3 Å². The van der Waals surface area contributed by atoms with Crippen LogP contribution in [0.4, 0.5) is 0 Å². The molecule has 0 aliphatic carbocycles. The Morgan fingerprint density at radius 1 is 1.46 bits per heavy atom. The lowest BCUT2D eigenvalue weighted by Crippen LogP contribution is -2.49. The number of pyridine rings is 1. The number of aromatic nitrogens is 1.